The number of carbonyl (C=O) groups is 2. The Hall–Kier alpha value is -2.87. The van der Waals surface area contributed by atoms with E-state index >= 15 is 0 Å². The van der Waals surface area contributed by atoms with E-state index in [0.717, 1.165) is 41.2 Å². The number of aromatic amines is 2. The number of aryl methyl sites for hydroxylation is 1. The van der Waals surface area contributed by atoms with Crippen LogP contribution in [-0.4, -0.2) is 75.2 Å². The van der Waals surface area contributed by atoms with Crippen LogP contribution >= 0.6 is 0 Å². The topological polar surface area (TPSA) is 94.3 Å². The number of hydrogen-bond acceptors (Lipinski definition) is 4. The Kier molecular flexibility index (Phi) is 7.22. The Morgan fingerprint density at radius 1 is 1.34 bits per heavy atom. The normalized spacial score (nSPS) is 20.3. The summed E-state index contributed by atoms with van der Waals surface area (Å²) < 4.78 is 5.39. The molecule has 2 atom stereocenters. The molecule has 8 nitrogen and oxygen atoms in total. The van der Waals surface area contributed by atoms with Crippen molar-refractivity contribution in [2.24, 2.45) is 5.41 Å². The second-order valence-corrected chi connectivity index (χ2v) is 11.1. The van der Waals surface area contributed by atoms with Gasteiger partial charge in [-0.3, -0.25) is 14.7 Å². The minimum atomic E-state index is -0.125. The summed E-state index contributed by atoms with van der Waals surface area (Å²) in [5.41, 5.74) is 6.86. The number of fused-ring (bicyclic) bond motifs is 1. The molecule has 8 heteroatoms. The first-order chi connectivity index (χ1) is 16.6. The molecule has 35 heavy (non-hydrogen) atoms. The van der Waals surface area contributed by atoms with Gasteiger partial charge in [0.05, 0.1) is 24.4 Å². The summed E-state index contributed by atoms with van der Waals surface area (Å²) in [5, 5.41) is 7.78. The van der Waals surface area contributed by atoms with Gasteiger partial charge in [-0.25, -0.2) is 0 Å². The fraction of sp³-hybridized carbons (Fsp3) is 0.593. The van der Waals surface area contributed by atoms with Crippen LogP contribution in [0, 0.1) is 12.3 Å². The molecular weight excluding hydrogens is 442 g/mol. The van der Waals surface area contributed by atoms with Gasteiger partial charge in [0.15, 0.2) is 0 Å². The van der Waals surface area contributed by atoms with Crippen molar-refractivity contribution in [1.29, 1.82) is 0 Å². The van der Waals surface area contributed by atoms with E-state index in [2.05, 4.69) is 61.1 Å². The van der Waals surface area contributed by atoms with Gasteiger partial charge in [-0.2, -0.15) is 5.10 Å². The largest absolute Gasteiger partial charge is 0.367 e. The fourth-order valence-corrected chi connectivity index (χ4v) is 4.92. The van der Waals surface area contributed by atoms with E-state index < -0.39 is 0 Å². The highest BCUT2D eigenvalue weighted by Crippen LogP contribution is 2.32. The maximum atomic E-state index is 13.2. The van der Waals surface area contributed by atoms with Crippen LogP contribution in [0.5, 0.6) is 0 Å². The number of amides is 2. The third kappa shape index (κ3) is 5.69. The Labute approximate surface area is 208 Å². The lowest BCUT2D eigenvalue weighted by atomic mass is 9.88. The van der Waals surface area contributed by atoms with Gasteiger partial charge in [-0.1, -0.05) is 32.9 Å². The van der Waals surface area contributed by atoms with Crippen LogP contribution in [0.25, 0.3) is 17.5 Å². The summed E-state index contributed by atoms with van der Waals surface area (Å²) in [4.78, 5) is 32.4. The number of morpholine rings is 1. The lowest BCUT2D eigenvalue weighted by Crippen LogP contribution is -2.52. The van der Waals surface area contributed by atoms with Crippen molar-refractivity contribution < 1.29 is 14.3 Å². The summed E-state index contributed by atoms with van der Waals surface area (Å²) in [5.74, 6) is -0.160. The van der Waals surface area contributed by atoms with E-state index in [-0.39, 0.29) is 42.5 Å². The third-order valence-corrected chi connectivity index (χ3v) is 7.01. The molecule has 2 aromatic heterocycles. The van der Waals surface area contributed by atoms with Gasteiger partial charge in [-0.15, -0.1) is 0 Å². The number of carbonyl (C=O) groups excluding carboxylic acids is 2. The van der Waals surface area contributed by atoms with E-state index in [1.165, 1.54) is 5.56 Å². The summed E-state index contributed by atoms with van der Waals surface area (Å²) in [6.45, 7) is 13.9. The van der Waals surface area contributed by atoms with Crippen molar-refractivity contribution in [2.75, 3.05) is 26.2 Å². The summed E-state index contributed by atoms with van der Waals surface area (Å²) in [6, 6.07) is 2.10. The van der Waals surface area contributed by atoms with Crippen molar-refractivity contribution in [1.82, 2.24) is 25.0 Å². The zero-order valence-electron chi connectivity index (χ0n) is 21.9. The molecule has 0 aromatic carbocycles. The second kappa shape index (κ2) is 10.0. The lowest BCUT2D eigenvalue weighted by Gasteiger charge is -2.35. The fourth-order valence-electron chi connectivity index (χ4n) is 4.92. The van der Waals surface area contributed by atoms with Gasteiger partial charge in [-0.05, 0) is 50.7 Å². The van der Waals surface area contributed by atoms with Crippen LogP contribution in [-0.2, 0) is 27.2 Å². The highest BCUT2D eigenvalue weighted by Gasteiger charge is 2.30. The van der Waals surface area contributed by atoms with Crippen LogP contribution < -0.4 is 0 Å². The van der Waals surface area contributed by atoms with Crippen LogP contribution in [0.3, 0.4) is 0 Å². The molecule has 2 amide bonds. The molecule has 1 fully saturated rings. The summed E-state index contributed by atoms with van der Waals surface area (Å²) in [7, 11) is 0. The summed E-state index contributed by atoms with van der Waals surface area (Å²) >= 11 is 0. The molecule has 0 radical (unpaired) electrons. The predicted molar refractivity (Wildman–Crippen MR) is 137 cm³/mol. The number of H-pyrrole nitrogens is 2. The van der Waals surface area contributed by atoms with Crippen molar-refractivity contribution >= 4 is 17.9 Å². The van der Waals surface area contributed by atoms with Gasteiger partial charge >= 0.3 is 0 Å². The first-order valence-electron chi connectivity index (χ1n) is 12.7. The van der Waals surface area contributed by atoms with E-state index in [4.69, 9.17) is 4.74 Å². The molecule has 1 aliphatic carbocycles. The third-order valence-electron chi connectivity index (χ3n) is 7.01. The van der Waals surface area contributed by atoms with Gasteiger partial charge < -0.3 is 19.5 Å². The Balaban J connectivity index is 1.48. The van der Waals surface area contributed by atoms with Crippen LogP contribution in [0.2, 0.25) is 0 Å². The molecule has 1 aliphatic heterocycles. The second-order valence-electron chi connectivity index (χ2n) is 11.1. The number of rotatable bonds is 7. The highest BCUT2D eigenvalue weighted by molar-refractivity contribution is 5.86. The molecule has 2 aromatic rings. The molecule has 4 rings (SSSR count). The van der Waals surface area contributed by atoms with Crippen molar-refractivity contribution in [3.63, 3.8) is 0 Å². The minimum Gasteiger partial charge on any atom is -0.367 e. The minimum absolute atomic E-state index is 0.0350. The maximum Gasteiger partial charge on any atom is 0.249 e. The molecule has 1 saturated heterocycles. The van der Waals surface area contributed by atoms with Crippen LogP contribution in [0.4, 0.5) is 0 Å². The van der Waals surface area contributed by atoms with E-state index in [1.807, 2.05) is 18.7 Å². The Morgan fingerprint density at radius 2 is 2.11 bits per heavy atom. The molecule has 2 N–H and O–H groups in total. The molecule has 3 heterocycles. The average molecular weight is 482 g/mol. The predicted octanol–water partition coefficient (Wildman–Crippen LogP) is 3.73. The zero-order valence-corrected chi connectivity index (χ0v) is 21.9. The average Bonchev–Trinajstić information content (AvgIpc) is 3.37. The molecule has 190 valence electrons. The molecular formula is C27H39N5O3. The van der Waals surface area contributed by atoms with Crippen LogP contribution in [0.1, 0.15) is 63.6 Å². The van der Waals surface area contributed by atoms with E-state index in [9.17, 15) is 9.59 Å². The molecule has 0 saturated carbocycles. The number of ether oxygens (including phenoxy) is 1. The number of aromatic nitrogens is 3. The molecule has 0 bridgehead atoms. The van der Waals surface area contributed by atoms with Crippen LogP contribution in [0.15, 0.2) is 12.1 Å². The number of nitrogens with zero attached hydrogens (tertiary/aromatic N) is 3. The Bertz CT molecular complexity index is 1110. The SMILES string of the molecule is CCN(C(=O)CN1C[C@@H](C)OCC1=O)C1C=Cc2cc(-c3n[nH]c(C)c3CCC(C)(C)C)[nH]c2C1. The number of nitrogens with one attached hydrogen (secondary N) is 2. The van der Waals surface area contributed by atoms with Crippen molar-refractivity contribution in [3.8, 4) is 11.4 Å². The smallest absolute Gasteiger partial charge is 0.249 e. The Morgan fingerprint density at radius 3 is 2.83 bits per heavy atom. The lowest BCUT2D eigenvalue weighted by molar-refractivity contribution is -0.153. The molecule has 2 aliphatic rings. The number of hydrogen-bond donors (Lipinski definition) is 2. The quantitative estimate of drug-likeness (QED) is 0.630. The van der Waals surface area contributed by atoms with Gasteiger partial charge in [0.2, 0.25) is 11.8 Å². The monoisotopic (exact) mass is 481 g/mol. The van der Waals surface area contributed by atoms with Crippen molar-refractivity contribution in [3.05, 3.63) is 34.7 Å². The first kappa shape index (κ1) is 25.2. The summed E-state index contributed by atoms with van der Waals surface area (Å²) in [6.07, 6.45) is 6.90. The number of likely N-dealkylation sites (N-methyl/N-ethyl adjacent to an activating group) is 1. The molecule has 0 spiro atoms. The van der Waals surface area contributed by atoms with Crippen molar-refractivity contribution in [2.45, 2.75) is 73.0 Å². The van der Waals surface area contributed by atoms with Gasteiger partial charge in [0, 0.05) is 36.5 Å². The first-order valence-corrected chi connectivity index (χ1v) is 12.7. The molecule has 1 unspecified atom stereocenters. The van der Waals surface area contributed by atoms with E-state index in [1.54, 1.807) is 4.90 Å². The standard InChI is InChI=1S/C27H39N5O3/c1-7-32(24(33)15-31-14-17(2)35-16-25(31)34)20-9-8-19-12-23(28-22(19)13-20)26-21(18(3)29-30-26)10-11-27(4,5)6/h8-9,12,17,20,28H,7,10-11,13-16H2,1-6H3,(H,29,30)/t17-,20?/m1/s1. The highest BCUT2D eigenvalue weighted by atomic mass is 16.5. The van der Waals surface area contributed by atoms with E-state index in [0.29, 0.717) is 19.5 Å². The maximum absolute atomic E-state index is 13.2. The van der Waals surface area contributed by atoms with Gasteiger partial charge in [0.1, 0.15) is 12.3 Å². The van der Waals surface area contributed by atoms with Gasteiger partial charge in [0.25, 0.3) is 0 Å². The zero-order chi connectivity index (χ0) is 25.3.